The van der Waals surface area contributed by atoms with Crippen molar-refractivity contribution in [2.75, 3.05) is 4.90 Å². The van der Waals surface area contributed by atoms with Gasteiger partial charge in [0.25, 0.3) is 11.7 Å². The first kappa shape index (κ1) is 24.6. The SMILES string of the molecule is Cc1ccccc1N1C(=O)C(=O)/C(=C(\O)c2ccc(Cl)c(Cl)c2)C1c1cccc(Oc2ccccc2)c1. The molecule has 0 radical (unpaired) electrons. The Morgan fingerprint density at radius 2 is 1.51 bits per heavy atom. The summed E-state index contributed by atoms with van der Waals surface area (Å²) in [6, 6.07) is 27.3. The third kappa shape index (κ3) is 4.71. The van der Waals surface area contributed by atoms with Gasteiger partial charge in [0.1, 0.15) is 17.3 Å². The number of hydrogen-bond donors (Lipinski definition) is 1. The number of carbonyl (C=O) groups is 2. The van der Waals surface area contributed by atoms with E-state index in [0.29, 0.717) is 27.8 Å². The molecule has 1 aliphatic heterocycles. The second-order valence-electron chi connectivity index (χ2n) is 8.57. The predicted octanol–water partition coefficient (Wildman–Crippen LogP) is 7.72. The lowest BCUT2D eigenvalue weighted by Crippen LogP contribution is -2.30. The van der Waals surface area contributed by atoms with Crippen molar-refractivity contribution < 1.29 is 19.4 Å². The molecule has 5 rings (SSSR count). The topological polar surface area (TPSA) is 66.8 Å². The minimum Gasteiger partial charge on any atom is -0.507 e. The van der Waals surface area contributed by atoms with Crippen molar-refractivity contribution in [2.45, 2.75) is 13.0 Å². The van der Waals surface area contributed by atoms with Gasteiger partial charge < -0.3 is 9.84 Å². The molecule has 1 atom stereocenters. The second-order valence-corrected chi connectivity index (χ2v) is 9.39. The molecule has 5 nitrogen and oxygen atoms in total. The Balaban J connectivity index is 1.69. The van der Waals surface area contributed by atoms with E-state index in [2.05, 4.69) is 0 Å². The van der Waals surface area contributed by atoms with Crippen LogP contribution in [0.15, 0.2) is 103 Å². The highest BCUT2D eigenvalue weighted by molar-refractivity contribution is 6.52. The van der Waals surface area contributed by atoms with Gasteiger partial charge in [-0.05, 0) is 66.6 Å². The number of aryl methyl sites for hydroxylation is 1. The maximum atomic E-state index is 13.4. The van der Waals surface area contributed by atoms with Crippen LogP contribution in [0, 0.1) is 6.92 Å². The number of anilines is 1. The molecule has 1 saturated heterocycles. The first-order chi connectivity index (χ1) is 17.8. The van der Waals surface area contributed by atoms with E-state index in [1.807, 2.05) is 49.4 Å². The molecule has 1 heterocycles. The zero-order valence-corrected chi connectivity index (χ0v) is 21.2. The maximum absolute atomic E-state index is 13.4. The second kappa shape index (κ2) is 10.1. The van der Waals surface area contributed by atoms with Gasteiger partial charge in [0.15, 0.2) is 0 Å². The molecule has 4 aromatic carbocycles. The van der Waals surface area contributed by atoms with Crippen LogP contribution in [0.5, 0.6) is 11.5 Å². The zero-order chi connectivity index (χ0) is 26.1. The summed E-state index contributed by atoms with van der Waals surface area (Å²) in [7, 11) is 0. The van der Waals surface area contributed by atoms with Crippen molar-refractivity contribution in [2.24, 2.45) is 0 Å². The average molecular weight is 530 g/mol. The van der Waals surface area contributed by atoms with E-state index in [9.17, 15) is 14.7 Å². The standard InChI is InChI=1S/C30H21Cl2NO4/c1-18-8-5-6-13-25(18)33-27(19-9-7-12-22(16-19)37-21-10-3-2-4-11-21)26(29(35)30(33)36)28(34)20-14-15-23(31)24(32)17-20/h2-17,27,34H,1H3/b28-26-. The quantitative estimate of drug-likeness (QED) is 0.163. The third-order valence-electron chi connectivity index (χ3n) is 6.17. The minimum atomic E-state index is -0.908. The van der Waals surface area contributed by atoms with Gasteiger partial charge in [0, 0.05) is 11.3 Å². The number of aliphatic hydroxyl groups is 1. The summed E-state index contributed by atoms with van der Waals surface area (Å²) < 4.78 is 6.01. The van der Waals surface area contributed by atoms with E-state index in [1.54, 1.807) is 42.5 Å². The molecular formula is C30H21Cl2NO4. The minimum absolute atomic E-state index is 0.0523. The molecule has 0 spiro atoms. The van der Waals surface area contributed by atoms with Crippen LogP contribution >= 0.6 is 23.2 Å². The van der Waals surface area contributed by atoms with Crippen LogP contribution in [0.1, 0.15) is 22.7 Å². The third-order valence-corrected chi connectivity index (χ3v) is 6.90. The number of Topliss-reactive ketones (excluding diaryl/α,β-unsaturated/α-hetero) is 1. The first-order valence-electron chi connectivity index (χ1n) is 11.5. The van der Waals surface area contributed by atoms with Crippen molar-refractivity contribution in [3.8, 4) is 11.5 Å². The molecule has 0 aliphatic carbocycles. The highest BCUT2D eigenvalue weighted by Crippen LogP contribution is 2.44. The fourth-order valence-corrected chi connectivity index (χ4v) is 4.70. The number of nitrogens with zero attached hydrogens (tertiary/aromatic N) is 1. The Hall–Kier alpha value is -4.06. The van der Waals surface area contributed by atoms with E-state index in [4.69, 9.17) is 27.9 Å². The van der Waals surface area contributed by atoms with Crippen LogP contribution in [0.25, 0.3) is 5.76 Å². The molecule has 1 fully saturated rings. The van der Waals surface area contributed by atoms with Crippen molar-refractivity contribution in [3.63, 3.8) is 0 Å². The summed E-state index contributed by atoms with van der Waals surface area (Å²) in [6.07, 6.45) is 0. The summed E-state index contributed by atoms with van der Waals surface area (Å²) in [5, 5.41) is 11.9. The number of halogens is 2. The van der Waals surface area contributed by atoms with Gasteiger partial charge in [0.05, 0.1) is 21.7 Å². The van der Waals surface area contributed by atoms with Crippen LogP contribution in [0.4, 0.5) is 5.69 Å². The fourth-order valence-electron chi connectivity index (χ4n) is 4.40. The van der Waals surface area contributed by atoms with Crippen LogP contribution in [0.2, 0.25) is 10.0 Å². The average Bonchev–Trinajstić information content (AvgIpc) is 3.16. The lowest BCUT2D eigenvalue weighted by molar-refractivity contribution is -0.132. The number of amides is 1. The highest BCUT2D eigenvalue weighted by atomic mass is 35.5. The molecule has 0 saturated carbocycles. The number of hydrogen-bond acceptors (Lipinski definition) is 4. The van der Waals surface area contributed by atoms with Crippen LogP contribution in [-0.2, 0) is 9.59 Å². The smallest absolute Gasteiger partial charge is 0.300 e. The number of ketones is 1. The zero-order valence-electron chi connectivity index (χ0n) is 19.7. The largest absolute Gasteiger partial charge is 0.507 e. The van der Waals surface area contributed by atoms with Crippen LogP contribution in [0.3, 0.4) is 0 Å². The summed E-state index contributed by atoms with van der Waals surface area (Å²) in [4.78, 5) is 28.3. The molecule has 1 N–H and O–H groups in total. The van der Waals surface area contributed by atoms with Gasteiger partial charge in [-0.15, -0.1) is 0 Å². The number of para-hydroxylation sites is 2. The monoisotopic (exact) mass is 529 g/mol. The summed E-state index contributed by atoms with van der Waals surface area (Å²) >= 11 is 12.2. The van der Waals surface area contributed by atoms with Crippen LogP contribution < -0.4 is 9.64 Å². The van der Waals surface area contributed by atoms with E-state index in [-0.39, 0.29) is 21.9 Å². The van der Waals surface area contributed by atoms with Gasteiger partial charge in [-0.2, -0.15) is 0 Å². The molecule has 184 valence electrons. The van der Waals surface area contributed by atoms with Gasteiger partial charge in [-0.25, -0.2) is 0 Å². The van der Waals surface area contributed by atoms with Crippen molar-refractivity contribution in [1.29, 1.82) is 0 Å². The Labute approximate surface area is 224 Å². The normalized spacial score (nSPS) is 16.7. The first-order valence-corrected chi connectivity index (χ1v) is 12.3. The Bertz CT molecular complexity index is 1550. The Morgan fingerprint density at radius 3 is 2.24 bits per heavy atom. The Morgan fingerprint density at radius 1 is 0.811 bits per heavy atom. The summed E-state index contributed by atoms with van der Waals surface area (Å²) in [5.41, 5.74) is 2.19. The Kier molecular flexibility index (Phi) is 6.74. The number of ether oxygens (including phenoxy) is 1. The maximum Gasteiger partial charge on any atom is 0.300 e. The van der Waals surface area contributed by atoms with E-state index in [0.717, 1.165) is 5.56 Å². The molecule has 1 amide bonds. The molecule has 0 aromatic heterocycles. The molecule has 0 bridgehead atoms. The molecule has 4 aromatic rings. The number of carbonyl (C=O) groups excluding carboxylic acids is 2. The summed E-state index contributed by atoms with van der Waals surface area (Å²) in [6.45, 7) is 1.86. The number of benzene rings is 4. The van der Waals surface area contributed by atoms with Crippen molar-refractivity contribution >= 4 is 46.3 Å². The number of aliphatic hydroxyl groups excluding tert-OH is 1. The van der Waals surface area contributed by atoms with Gasteiger partial charge in [-0.1, -0.05) is 71.7 Å². The van der Waals surface area contributed by atoms with E-state index >= 15 is 0 Å². The molecule has 7 heteroatoms. The molecule has 1 unspecified atom stereocenters. The lowest BCUT2D eigenvalue weighted by Gasteiger charge is -2.27. The van der Waals surface area contributed by atoms with Crippen LogP contribution in [-0.4, -0.2) is 16.8 Å². The molecule has 1 aliphatic rings. The predicted molar refractivity (Wildman–Crippen MR) is 145 cm³/mol. The van der Waals surface area contributed by atoms with Gasteiger partial charge in [-0.3, -0.25) is 14.5 Å². The summed E-state index contributed by atoms with van der Waals surface area (Å²) in [5.74, 6) is -0.717. The number of rotatable bonds is 5. The van der Waals surface area contributed by atoms with Gasteiger partial charge >= 0.3 is 0 Å². The van der Waals surface area contributed by atoms with Crippen molar-refractivity contribution in [3.05, 3.63) is 129 Å². The van der Waals surface area contributed by atoms with Crippen molar-refractivity contribution in [1.82, 2.24) is 0 Å². The highest BCUT2D eigenvalue weighted by Gasteiger charge is 2.47. The molecular weight excluding hydrogens is 509 g/mol. The molecule has 37 heavy (non-hydrogen) atoms. The van der Waals surface area contributed by atoms with Gasteiger partial charge in [0.2, 0.25) is 0 Å². The van der Waals surface area contributed by atoms with E-state index < -0.39 is 17.7 Å². The lowest BCUT2D eigenvalue weighted by atomic mass is 9.94. The van der Waals surface area contributed by atoms with E-state index in [1.165, 1.54) is 17.0 Å². The fraction of sp³-hybridized carbons (Fsp3) is 0.0667.